The van der Waals surface area contributed by atoms with Crippen LogP contribution in [0.25, 0.3) is 0 Å². The molecule has 0 spiro atoms. The molecule has 2 heterocycles. The first-order valence-corrected chi connectivity index (χ1v) is 5.26. The summed E-state index contributed by atoms with van der Waals surface area (Å²) in [6.07, 6.45) is 1.55. The molecule has 0 atom stereocenters. The lowest BCUT2D eigenvalue weighted by molar-refractivity contribution is 0.0778. The van der Waals surface area contributed by atoms with Gasteiger partial charge in [-0.3, -0.25) is 9.89 Å². The van der Waals surface area contributed by atoms with Crippen LogP contribution in [0.4, 0.5) is 0 Å². The SMILES string of the molecule is Cc1noc(C)c1CN(C)C(=O)c1ccn[nH]1. The van der Waals surface area contributed by atoms with E-state index < -0.39 is 0 Å². The summed E-state index contributed by atoms with van der Waals surface area (Å²) in [6, 6.07) is 1.65. The topological polar surface area (TPSA) is 75.0 Å². The van der Waals surface area contributed by atoms with E-state index in [4.69, 9.17) is 4.52 Å². The third-order valence-corrected chi connectivity index (χ3v) is 2.65. The third kappa shape index (κ3) is 2.20. The molecule has 90 valence electrons. The fraction of sp³-hybridized carbons (Fsp3) is 0.364. The van der Waals surface area contributed by atoms with Crippen LogP contribution in [0.5, 0.6) is 0 Å². The van der Waals surface area contributed by atoms with Gasteiger partial charge in [0.1, 0.15) is 11.5 Å². The number of carbonyl (C=O) groups excluding carboxylic acids is 1. The van der Waals surface area contributed by atoms with E-state index in [0.29, 0.717) is 12.2 Å². The predicted molar refractivity (Wildman–Crippen MR) is 60.4 cm³/mol. The fourth-order valence-corrected chi connectivity index (χ4v) is 1.62. The molecule has 0 bridgehead atoms. The highest BCUT2D eigenvalue weighted by atomic mass is 16.5. The number of carbonyl (C=O) groups is 1. The second-order valence-electron chi connectivity index (χ2n) is 3.93. The van der Waals surface area contributed by atoms with Gasteiger partial charge in [0.05, 0.1) is 12.2 Å². The van der Waals surface area contributed by atoms with Crippen LogP contribution in [0.15, 0.2) is 16.8 Å². The molecule has 0 aromatic carbocycles. The van der Waals surface area contributed by atoms with Gasteiger partial charge in [-0.25, -0.2) is 0 Å². The summed E-state index contributed by atoms with van der Waals surface area (Å²) < 4.78 is 5.06. The minimum Gasteiger partial charge on any atom is -0.361 e. The molecule has 1 amide bonds. The molecule has 0 saturated heterocycles. The van der Waals surface area contributed by atoms with Crippen LogP contribution in [-0.4, -0.2) is 33.2 Å². The Hall–Kier alpha value is -2.11. The Morgan fingerprint density at radius 1 is 1.53 bits per heavy atom. The van der Waals surface area contributed by atoms with Crippen molar-refractivity contribution >= 4 is 5.91 Å². The smallest absolute Gasteiger partial charge is 0.271 e. The summed E-state index contributed by atoms with van der Waals surface area (Å²) in [5.74, 6) is 0.634. The van der Waals surface area contributed by atoms with Gasteiger partial charge in [-0.05, 0) is 19.9 Å². The van der Waals surface area contributed by atoms with Crippen molar-refractivity contribution < 1.29 is 9.32 Å². The quantitative estimate of drug-likeness (QED) is 0.868. The van der Waals surface area contributed by atoms with Gasteiger partial charge in [-0.15, -0.1) is 0 Å². The maximum absolute atomic E-state index is 12.0. The molecule has 2 rings (SSSR count). The minimum absolute atomic E-state index is 0.109. The van der Waals surface area contributed by atoms with Gasteiger partial charge in [-0.1, -0.05) is 5.16 Å². The predicted octanol–water partition coefficient (Wildman–Crippen LogP) is 1.29. The molecule has 0 fully saturated rings. The average molecular weight is 234 g/mol. The lowest BCUT2D eigenvalue weighted by Crippen LogP contribution is -2.26. The van der Waals surface area contributed by atoms with Crippen LogP contribution in [0.1, 0.15) is 27.5 Å². The summed E-state index contributed by atoms with van der Waals surface area (Å²) in [5, 5.41) is 10.3. The Bertz CT molecular complexity index is 496. The Morgan fingerprint density at radius 3 is 2.82 bits per heavy atom. The van der Waals surface area contributed by atoms with Crippen LogP contribution < -0.4 is 0 Å². The van der Waals surface area contributed by atoms with E-state index in [2.05, 4.69) is 15.4 Å². The summed E-state index contributed by atoms with van der Waals surface area (Å²) in [7, 11) is 1.73. The van der Waals surface area contributed by atoms with E-state index >= 15 is 0 Å². The van der Waals surface area contributed by atoms with Gasteiger partial charge >= 0.3 is 0 Å². The lowest BCUT2D eigenvalue weighted by atomic mass is 10.2. The van der Waals surface area contributed by atoms with E-state index in [1.165, 1.54) is 0 Å². The van der Waals surface area contributed by atoms with Crippen LogP contribution in [0.3, 0.4) is 0 Å². The van der Waals surface area contributed by atoms with Gasteiger partial charge in [0.25, 0.3) is 5.91 Å². The highest BCUT2D eigenvalue weighted by Gasteiger charge is 2.17. The standard InChI is InChI=1S/C11H14N4O2/c1-7-9(8(2)17-14-7)6-15(3)11(16)10-4-5-12-13-10/h4-5H,6H2,1-3H3,(H,12,13). The van der Waals surface area contributed by atoms with E-state index in [1.54, 1.807) is 24.2 Å². The third-order valence-electron chi connectivity index (χ3n) is 2.65. The summed E-state index contributed by atoms with van der Waals surface area (Å²) in [6.45, 7) is 4.17. The number of H-pyrrole nitrogens is 1. The molecule has 0 aliphatic rings. The van der Waals surface area contributed by atoms with E-state index in [-0.39, 0.29) is 5.91 Å². The lowest BCUT2D eigenvalue weighted by Gasteiger charge is -2.15. The van der Waals surface area contributed by atoms with E-state index in [1.807, 2.05) is 13.8 Å². The molecule has 0 saturated carbocycles. The normalized spacial score (nSPS) is 10.5. The second-order valence-corrected chi connectivity index (χ2v) is 3.93. The van der Waals surface area contributed by atoms with Crippen molar-refractivity contribution in [1.29, 1.82) is 0 Å². The number of amides is 1. The zero-order valence-electron chi connectivity index (χ0n) is 10.0. The summed E-state index contributed by atoms with van der Waals surface area (Å²) >= 11 is 0. The molecule has 0 aliphatic carbocycles. The first kappa shape index (κ1) is 11.4. The van der Waals surface area contributed by atoms with Crippen molar-refractivity contribution in [1.82, 2.24) is 20.3 Å². The number of aryl methyl sites for hydroxylation is 2. The highest BCUT2D eigenvalue weighted by Crippen LogP contribution is 2.15. The Kier molecular flexibility index (Phi) is 2.95. The molecule has 17 heavy (non-hydrogen) atoms. The maximum atomic E-state index is 12.0. The molecule has 0 radical (unpaired) electrons. The molecule has 6 heteroatoms. The Morgan fingerprint density at radius 2 is 2.29 bits per heavy atom. The van der Waals surface area contributed by atoms with Crippen molar-refractivity contribution in [2.75, 3.05) is 7.05 Å². The van der Waals surface area contributed by atoms with Gasteiger partial charge < -0.3 is 9.42 Å². The number of rotatable bonds is 3. The van der Waals surface area contributed by atoms with Gasteiger partial charge in [0.15, 0.2) is 0 Å². The van der Waals surface area contributed by atoms with Crippen LogP contribution in [0.2, 0.25) is 0 Å². The fourth-order valence-electron chi connectivity index (χ4n) is 1.62. The molecule has 1 N–H and O–H groups in total. The highest BCUT2D eigenvalue weighted by molar-refractivity contribution is 5.91. The van der Waals surface area contributed by atoms with Gasteiger partial charge in [0, 0.05) is 18.8 Å². The van der Waals surface area contributed by atoms with Crippen molar-refractivity contribution in [3.05, 3.63) is 35.0 Å². The van der Waals surface area contributed by atoms with Crippen LogP contribution >= 0.6 is 0 Å². The van der Waals surface area contributed by atoms with Crippen molar-refractivity contribution in [3.63, 3.8) is 0 Å². The molecule has 2 aromatic heterocycles. The molecular weight excluding hydrogens is 220 g/mol. The van der Waals surface area contributed by atoms with Crippen molar-refractivity contribution in [3.8, 4) is 0 Å². The van der Waals surface area contributed by atoms with Crippen molar-refractivity contribution in [2.24, 2.45) is 0 Å². The Balaban J connectivity index is 2.12. The zero-order chi connectivity index (χ0) is 12.4. The molecule has 0 aliphatic heterocycles. The monoisotopic (exact) mass is 234 g/mol. The molecule has 0 unspecified atom stereocenters. The number of hydrogen-bond donors (Lipinski definition) is 1. The van der Waals surface area contributed by atoms with Crippen LogP contribution in [0, 0.1) is 13.8 Å². The first-order valence-electron chi connectivity index (χ1n) is 5.26. The Labute approximate surface area is 98.6 Å². The van der Waals surface area contributed by atoms with Gasteiger partial charge in [-0.2, -0.15) is 5.10 Å². The number of aromatic amines is 1. The minimum atomic E-state index is -0.109. The molecule has 6 nitrogen and oxygen atoms in total. The van der Waals surface area contributed by atoms with E-state index in [0.717, 1.165) is 17.0 Å². The zero-order valence-corrected chi connectivity index (χ0v) is 10.0. The maximum Gasteiger partial charge on any atom is 0.271 e. The summed E-state index contributed by atoms with van der Waals surface area (Å²) in [5.41, 5.74) is 2.23. The molecular formula is C11H14N4O2. The average Bonchev–Trinajstić information content (AvgIpc) is 2.93. The first-order chi connectivity index (χ1) is 8.09. The number of aromatic nitrogens is 3. The van der Waals surface area contributed by atoms with E-state index in [9.17, 15) is 4.79 Å². The van der Waals surface area contributed by atoms with Crippen molar-refractivity contribution in [2.45, 2.75) is 20.4 Å². The van der Waals surface area contributed by atoms with Gasteiger partial charge in [0.2, 0.25) is 0 Å². The largest absolute Gasteiger partial charge is 0.361 e. The number of nitrogens with one attached hydrogen (secondary N) is 1. The summed E-state index contributed by atoms with van der Waals surface area (Å²) in [4.78, 5) is 13.6. The second kappa shape index (κ2) is 4.40. The number of nitrogens with zero attached hydrogens (tertiary/aromatic N) is 3. The number of hydrogen-bond acceptors (Lipinski definition) is 4. The molecule has 2 aromatic rings. The van der Waals surface area contributed by atoms with Crippen LogP contribution in [-0.2, 0) is 6.54 Å².